The average molecular weight is 278 g/mol. The third kappa shape index (κ3) is 5.24. The van der Waals surface area contributed by atoms with Gasteiger partial charge >= 0.3 is 0 Å². The summed E-state index contributed by atoms with van der Waals surface area (Å²) >= 11 is 0. The summed E-state index contributed by atoms with van der Waals surface area (Å²) in [5.74, 6) is 0.00949. The molecule has 1 rings (SSSR count). The average Bonchev–Trinajstić information content (AvgIpc) is 2.56. The lowest BCUT2D eigenvalue weighted by atomic mass is 10.1. The molecule has 108 valence electrons. The first kappa shape index (κ1) is 15.9. The van der Waals surface area contributed by atoms with Crippen molar-refractivity contribution < 1.29 is 18.3 Å². The molecule has 0 spiro atoms. The molecule has 1 aliphatic rings. The lowest BCUT2D eigenvalue weighted by Gasteiger charge is -2.18. The van der Waals surface area contributed by atoms with Crippen LogP contribution in [0.5, 0.6) is 0 Å². The molecule has 18 heavy (non-hydrogen) atoms. The zero-order valence-electron chi connectivity index (χ0n) is 11.5. The van der Waals surface area contributed by atoms with E-state index in [1.165, 1.54) is 32.6 Å². The standard InChI is InChI=1S/C13H26O4S/c1-11(14)12(2)18(15,16)10-9-17-13-7-5-3-4-6-8-13/h11-14H,3-10H2,1-2H3/t11-,12+/m1/s1. The fourth-order valence-corrected chi connectivity index (χ4v) is 3.53. The highest BCUT2D eigenvalue weighted by Gasteiger charge is 2.25. The van der Waals surface area contributed by atoms with E-state index in [1.54, 1.807) is 6.92 Å². The molecule has 0 aliphatic heterocycles. The first-order valence-corrected chi connectivity index (χ1v) is 8.66. The Morgan fingerprint density at radius 1 is 1.17 bits per heavy atom. The highest BCUT2D eigenvalue weighted by Crippen LogP contribution is 2.20. The smallest absolute Gasteiger partial charge is 0.157 e. The number of hydrogen-bond donors (Lipinski definition) is 1. The van der Waals surface area contributed by atoms with Crippen LogP contribution in [0.1, 0.15) is 52.4 Å². The molecular formula is C13H26O4S. The minimum atomic E-state index is -3.24. The summed E-state index contributed by atoms with van der Waals surface area (Å²) in [5.41, 5.74) is 0. The van der Waals surface area contributed by atoms with Crippen molar-refractivity contribution in [1.82, 2.24) is 0 Å². The van der Waals surface area contributed by atoms with Gasteiger partial charge in [-0.05, 0) is 26.7 Å². The number of sulfone groups is 1. The second-order valence-corrected chi connectivity index (χ2v) is 7.77. The van der Waals surface area contributed by atoms with E-state index in [4.69, 9.17) is 4.74 Å². The van der Waals surface area contributed by atoms with Crippen molar-refractivity contribution in [3.63, 3.8) is 0 Å². The summed E-state index contributed by atoms with van der Waals surface area (Å²) in [6, 6.07) is 0. The lowest BCUT2D eigenvalue weighted by Crippen LogP contribution is -2.32. The van der Waals surface area contributed by atoms with Gasteiger partial charge in [-0.15, -0.1) is 0 Å². The summed E-state index contributed by atoms with van der Waals surface area (Å²) < 4.78 is 29.4. The quantitative estimate of drug-likeness (QED) is 0.754. The van der Waals surface area contributed by atoms with Crippen LogP contribution in [0.2, 0.25) is 0 Å². The van der Waals surface area contributed by atoms with Crippen LogP contribution in [0.25, 0.3) is 0 Å². The Morgan fingerprint density at radius 3 is 2.22 bits per heavy atom. The minimum Gasteiger partial charge on any atom is -0.392 e. The third-order valence-electron chi connectivity index (χ3n) is 3.77. The molecule has 1 N–H and O–H groups in total. The molecule has 1 saturated carbocycles. The van der Waals surface area contributed by atoms with E-state index in [1.807, 2.05) is 0 Å². The van der Waals surface area contributed by atoms with Crippen molar-refractivity contribution in [2.45, 2.75) is 69.8 Å². The van der Waals surface area contributed by atoms with Crippen molar-refractivity contribution in [3.8, 4) is 0 Å². The Balaban J connectivity index is 2.31. The van der Waals surface area contributed by atoms with E-state index in [0.717, 1.165) is 12.8 Å². The normalized spacial score (nSPS) is 22.4. The molecule has 5 heteroatoms. The van der Waals surface area contributed by atoms with Crippen molar-refractivity contribution in [1.29, 1.82) is 0 Å². The van der Waals surface area contributed by atoms with Gasteiger partial charge in [0.1, 0.15) is 0 Å². The number of ether oxygens (including phenoxy) is 1. The highest BCUT2D eigenvalue weighted by atomic mass is 32.2. The molecule has 0 aromatic rings. The molecule has 1 fully saturated rings. The summed E-state index contributed by atoms with van der Waals surface area (Å²) in [4.78, 5) is 0. The fraction of sp³-hybridized carbons (Fsp3) is 1.00. The maximum Gasteiger partial charge on any atom is 0.157 e. The first-order chi connectivity index (χ1) is 8.43. The Morgan fingerprint density at radius 2 is 1.72 bits per heavy atom. The Hall–Kier alpha value is -0.130. The predicted molar refractivity (Wildman–Crippen MR) is 72.4 cm³/mol. The molecule has 1 aliphatic carbocycles. The molecule has 0 aromatic carbocycles. The topological polar surface area (TPSA) is 63.6 Å². The summed E-state index contributed by atoms with van der Waals surface area (Å²) in [6.45, 7) is 3.31. The summed E-state index contributed by atoms with van der Waals surface area (Å²) in [5, 5.41) is 8.61. The minimum absolute atomic E-state index is 0.00949. The summed E-state index contributed by atoms with van der Waals surface area (Å²) in [7, 11) is -3.24. The van der Waals surface area contributed by atoms with Gasteiger partial charge in [0.15, 0.2) is 9.84 Å². The maximum atomic E-state index is 11.8. The Labute approximate surface area is 111 Å². The Kier molecular flexibility index (Phi) is 6.60. The molecule has 0 saturated heterocycles. The molecule has 4 nitrogen and oxygen atoms in total. The third-order valence-corrected chi connectivity index (χ3v) is 6.03. The van der Waals surface area contributed by atoms with Crippen LogP contribution >= 0.6 is 0 Å². The zero-order chi connectivity index (χ0) is 13.6. The van der Waals surface area contributed by atoms with Gasteiger partial charge in [0, 0.05) is 0 Å². The molecular weight excluding hydrogens is 252 g/mol. The van der Waals surface area contributed by atoms with Crippen molar-refractivity contribution in [2.75, 3.05) is 12.4 Å². The van der Waals surface area contributed by atoms with Crippen LogP contribution in [0.3, 0.4) is 0 Å². The largest absolute Gasteiger partial charge is 0.392 e. The van der Waals surface area contributed by atoms with Gasteiger partial charge in [0.2, 0.25) is 0 Å². The van der Waals surface area contributed by atoms with E-state index in [0.29, 0.717) is 0 Å². The van der Waals surface area contributed by atoms with Gasteiger partial charge in [-0.2, -0.15) is 0 Å². The molecule has 0 amide bonds. The number of hydrogen-bond acceptors (Lipinski definition) is 4. The van der Waals surface area contributed by atoms with Gasteiger partial charge in [0.05, 0.1) is 29.8 Å². The number of rotatable bonds is 6. The highest BCUT2D eigenvalue weighted by molar-refractivity contribution is 7.92. The van der Waals surface area contributed by atoms with Gasteiger partial charge < -0.3 is 9.84 Å². The lowest BCUT2D eigenvalue weighted by molar-refractivity contribution is 0.0534. The van der Waals surface area contributed by atoms with Gasteiger partial charge in [-0.25, -0.2) is 8.42 Å². The van der Waals surface area contributed by atoms with Crippen LogP contribution < -0.4 is 0 Å². The monoisotopic (exact) mass is 278 g/mol. The molecule has 2 atom stereocenters. The van der Waals surface area contributed by atoms with Crippen molar-refractivity contribution >= 4 is 9.84 Å². The SMILES string of the molecule is C[C@@H](O)[C@H](C)S(=O)(=O)CCOC1CCCCCC1. The van der Waals surface area contributed by atoms with E-state index in [-0.39, 0.29) is 18.5 Å². The number of aliphatic hydroxyl groups excluding tert-OH is 1. The molecule has 0 aromatic heterocycles. The van der Waals surface area contributed by atoms with Gasteiger partial charge in [-0.1, -0.05) is 25.7 Å². The van der Waals surface area contributed by atoms with Crippen molar-refractivity contribution in [2.24, 2.45) is 0 Å². The van der Waals surface area contributed by atoms with Crippen LogP contribution in [-0.2, 0) is 14.6 Å². The second-order valence-electron chi connectivity index (χ2n) is 5.30. The van der Waals surface area contributed by atoms with E-state index in [2.05, 4.69) is 0 Å². The van der Waals surface area contributed by atoms with Gasteiger partial charge in [0.25, 0.3) is 0 Å². The van der Waals surface area contributed by atoms with Crippen LogP contribution in [0, 0.1) is 0 Å². The van der Waals surface area contributed by atoms with Gasteiger partial charge in [-0.3, -0.25) is 0 Å². The second kappa shape index (κ2) is 7.46. The van der Waals surface area contributed by atoms with Crippen molar-refractivity contribution in [3.05, 3.63) is 0 Å². The summed E-state index contributed by atoms with van der Waals surface area (Å²) in [6.07, 6.45) is 6.38. The molecule has 0 heterocycles. The van der Waals surface area contributed by atoms with E-state index in [9.17, 15) is 13.5 Å². The maximum absolute atomic E-state index is 11.8. The Bertz CT molecular complexity index is 316. The van der Waals surface area contributed by atoms with E-state index >= 15 is 0 Å². The molecule has 0 radical (unpaired) electrons. The number of aliphatic hydroxyl groups is 1. The van der Waals surface area contributed by atoms with Crippen LogP contribution in [0.4, 0.5) is 0 Å². The predicted octanol–water partition coefficient (Wildman–Crippen LogP) is 1.91. The zero-order valence-corrected chi connectivity index (χ0v) is 12.3. The molecule has 0 unspecified atom stereocenters. The van der Waals surface area contributed by atoms with E-state index < -0.39 is 21.2 Å². The molecule has 0 bridgehead atoms. The fourth-order valence-electron chi connectivity index (χ4n) is 2.23. The van der Waals surface area contributed by atoms with Crippen LogP contribution in [-0.4, -0.2) is 43.3 Å². The van der Waals surface area contributed by atoms with Crippen LogP contribution in [0.15, 0.2) is 0 Å². The first-order valence-electron chi connectivity index (χ1n) is 6.94.